The second-order valence-electron chi connectivity index (χ2n) is 7.12. The normalized spacial score (nSPS) is 16.2. The highest BCUT2D eigenvalue weighted by atomic mass is 32.1. The zero-order valence-corrected chi connectivity index (χ0v) is 17.0. The van der Waals surface area contributed by atoms with Crippen molar-refractivity contribution in [3.63, 3.8) is 0 Å². The van der Waals surface area contributed by atoms with Crippen molar-refractivity contribution in [1.29, 1.82) is 0 Å². The van der Waals surface area contributed by atoms with Crippen molar-refractivity contribution in [1.82, 2.24) is 9.80 Å². The highest BCUT2D eigenvalue weighted by Gasteiger charge is 2.36. The van der Waals surface area contributed by atoms with Gasteiger partial charge in [-0.2, -0.15) is 0 Å². The first-order chi connectivity index (χ1) is 13.3. The average Bonchev–Trinajstić information content (AvgIpc) is 3.29. The summed E-state index contributed by atoms with van der Waals surface area (Å²) in [5, 5.41) is 11.0. The van der Waals surface area contributed by atoms with E-state index in [9.17, 15) is 19.7 Å². The van der Waals surface area contributed by atoms with Crippen molar-refractivity contribution in [3.8, 4) is 0 Å². The van der Waals surface area contributed by atoms with Gasteiger partial charge in [-0.15, -0.1) is 11.3 Å². The van der Waals surface area contributed by atoms with Crippen molar-refractivity contribution in [2.45, 2.75) is 39.3 Å². The number of nitro groups is 1. The number of hydrogen-bond donors (Lipinski definition) is 0. The van der Waals surface area contributed by atoms with Crippen LogP contribution in [-0.2, 0) is 11.3 Å². The molecule has 2 amide bonds. The summed E-state index contributed by atoms with van der Waals surface area (Å²) in [5.41, 5.74) is 0.791. The zero-order chi connectivity index (χ0) is 20.4. The van der Waals surface area contributed by atoms with Gasteiger partial charge in [-0.25, -0.2) is 0 Å². The summed E-state index contributed by atoms with van der Waals surface area (Å²) in [6.07, 6.45) is 1.39. The van der Waals surface area contributed by atoms with Crippen LogP contribution in [-0.4, -0.2) is 46.2 Å². The fourth-order valence-corrected chi connectivity index (χ4v) is 4.51. The van der Waals surface area contributed by atoms with Gasteiger partial charge in [-0.3, -0.25) is 19.7 Å². The number of aryl methyl sites for hydroxylation is 2. The second kappa shape index (κ2) is 8.10. The number of hydrogen-bond acceptors (Lipinski definition) is 5. The van der Waals surface area contributed by atoms with Crippen LogP contribution in [0.1, 0.15) is 38.5 Å². The molecule has 8 heteroatoms. The third-order valence-corrected chi connectivity index (χ3v) is 5.99. The minimum atomic E-state index is -0.492. The van der Waals surface area contributed by atoms with E-state index in [1.165, 1.54) is 23.1 Å². The van der Waals surface area contributed by atoms with Crippen LogP contribution in [0.2, 0.25) is 0 Å². The van der Waals surface area contributed by atoms with E-state index < -0.39 is 11.0 Å². The molecule has 1 aliphatic heterocycles. The monoisotopic (exact) mass is 401 g/mol. The van der Waals surface area contributed by atoms with Crippen molar-refractivity contribution >= 4 is 28.8 Å². The summed E-state index contributed by atoms with van der Waals surface area (Å²) >= 11 is 1.66. The van der Waals surface area contributed by atoms with E-state index >= 15 is 0 Å². The molecule has 3 rings (SSSR count). The number of thiophene rings is 1. The molecule has 28 heavy (non-hydrogen) atoms. The number of nitro benzene ring substituents is 1. The summed E-state index contributed by atoms with van der Waals surface area (Å²) in [4.78, 5) is 42.0. The van der Waals surface area contributed by atoms with Gasteiger partial charge in [-0.05, 0) is 51.0 Å². The van der Waals surface area contributed by atoms with Gasteiger partial charge in [0.1, 0.15) is 6.04 Å². The maximum atomic E-state index is 13.0. The van der Waals surface area contributed by atoms with E-state index in [1.807, 2.05) is 19.1 Å². The van der Waals surface area contributed by atoms with Crippen molar-refractivity contribution in [2.75, 3.05) is 13.6 Å². The molecule has 1 saturated heterocycles. The highest BCUT2D eigenvalue weighted by molar-refractivity contribution is 7.11. The third-order valence-electron chi connectivity index (χ3n) is 5.00. The topological polar surface area (TPSA) is 83.8 Å². The van der Waals surface area contributed by atoms with Crippen molar-refractivity contribution < 1.29 is 14.5 Å². The standard InChI is InChI=1S/C20H23N3O4S/c1-13-11-15(7-9-17(13)23(26)27)19(24)22-10-4-5-18(22)20(25)21(3)12-16-8-6-14(2)28-16/h6-9,11,18H,4-5,10,12H2,1-3H3. The molecule has 1 atom stereocenters. The molecule has 2 heterocycles. The van der Waals surface area contributed by atoms with Crippen LogP contribution in [0.15, 0.2) is 30.3 Å². The molecule has 0 N–H and O–H groups in total. The summed E-state index contributed by atoms with van der Waals surface area (Å²) in [7, 11) is 1.76. The minimum Gasteiger partial charge on any atom is -0.339 e. The lowest BCUT2D eigenvalue weighted by atomic mass is 10.1. The molecule has 0 radical (unpaired) electrons. The maximum absolute atomic E-state index is 13.0. The third kappa shape index (κ3) is 4.06. The van der Waals surface area contributed by atoms with Crippen LogP contribution < -0.4 is 0 Å². The quantitative estimate of drug-likeness (QED) is 0.567. The molecular formula is C20H23N3O4S. The molecule has 0 bridgehead atoms. The Hall–Kier alpha value is -2.74. The van der Waals surface area contributed by atoms with Crippen LogP contribution in [0.5, 0.6) is 0 Å². The molecule has 2 aromatic rings. The Balaban J connectivity index is 1.74. The molecule has 148 valence electrons. The molecular weight excluding hydrogens is 378 g/mol. The first-order valence-electron chi connectivity index (χ1n) is 9.14. The number of carbonyl (C=O) groups is 2. The molecule has 1 aliphatic rings. The Labute approximate surface area is 167 Å². The molecule has 0 spiro atoms. The van der Waals surface area contributed by atoms with Crippen LogP contribution in [0.4, 0.5) is 5.69 Å². The molecule has 0 aliphatic carbocycles. The fraction of sp³-hybridized carbons (Fsp3) is 0.400. The van der Waals surface area contributed by atoms with Gasteiger partial charge < -0.3 is 9.80 Å². The van der Waals surface area contributed by atoms with Gasteiger partial charge >= 0.3 is 0 Å². The molecule has 1 fully saturated rings. The Morgan fingerprint density at radius 3 is 2.64 bits per heavy atom. The van der Waals surface area contributed by atoms with E-state index in [0.717, 1.165) is 11.3 Å². The van der Waals surface area contributed by atoms with Gasteiger partial charge in [-0.1, -0.05) is 0 Å². The number of amides is 2. The highest BCUT2D eigenvalue weighted by Crippen LogP contribution is 2.25. The summed E-state index contributed by atoms with van der Waals surface area (Å²) in [5.74, 6) is -0.329. The van der Waals surface area contributed by atoms with E-state index in [0.29, 0.717) is 30.6 Å². The number of nitrogens with zero attached hydrogens (tertiary/aromatic N) is 3. The zero-order valence-electron chi connectivity index (χ0n) is 16.2. The molecule has 1 unspecified atom stereocenters. The molecule has 7 nitrogen and oxygen atoms in total. The summed E-state index contributed by atoms with van der Waals surface area (Å²) in [6.45, 7) is 4.67. The number of benzene rings is 1. The lowest BCUT2D eigenvalue weighted by molar-refractivity contribution is -0.385. The fourth-order valence-electron chi connectivity index (χ4n) is 3.56. The Morgan fingerprint density at radius 1 is 1.29 bits per heavy atom. The molecule has 0 saturated carbocycles. The smallest absolute Gasteiger partial charge is 0.272 e. The number of rotatable bonds is 5. The van der Waals surface area contributed by atoms with E-state index in [4.69, 9.17) is 0 Å². The molecule has 1 aromatic carbocycles. The average molecular weight is 401 g/mol. The maximum Gasteiger partial charge on any atom is 0.272 e. The second-order valence-corrected chi connectivity index (χ2v) is 8.49. The Morgan fingerprint density at radius 2 is 2.04 bits per heavy atom. The first kappa shape index (κ1) is 20.0. The van der Waals surface area contributed by atoms with E-state index in [2.05, 4.69) is 0 Å². The minimum absolute atomic E-state index is 0.0171. The van der Waals surface area contributed by atoms with Crippen molar-refractivity contribution in [2.24, 2.45) is 0 Å². The lowest BCUT2D eigenvalue weighted by Crippen LogP contribution is -2.46. The Bertz CT molecular complexity index is 924. The largest absolute Gasteiger partial charge is 0.339 e. The Kier molecular flexibility index (Phi) is 5.79. The summed E-state index contributed by atoms with van der Waals surface area (Å²) < 4.78 is 0. The van der Waals surface area contributed by atoms with Gasteiger partial charge in [0.2, 0.25) is 5.91 Å². The first-order valence-corrected chi connectivity index (χ1v) is 9.96. The van der Waals surface area contributed by atoms with E-state index in [-0.39, 0.29) is 17.5 Å². The lowest BCUT2D eigenvalue weighted by Gasteiger charge is -2.28. The number of carbonyl (C=O) groups excluding carboxylic acids is 2. The van der Waals surface area contributed by atoms with Crippen LogP contribution in [0, 0.1) is 24.0 Å². The summed E-state index contributed by atoms with van der Waals surface area (Å²) in [6, 6.07) is 7.89. The number of likely N-dealkylation sites (N-methyl/N-ethyl adjacent to an activating group) is 1. The van der Waals surface area contributed by atoms with Gasteiger partial charge in [0, 0.05) is 40.5 Å². The SMILES string of the molecule is Cc1ccc(CN(C)C(=O)C2CCCN2C(=O)c2ccc([N+](=O)[O-])c(C)c2)s1. The predicted octanol–water partition coefficient (Wildman–Crippen LogP) is 3.54. The number of likely N-dealkylation sites (tertiary alicyclic amines) is 1. The van der Waals surface area contributed by atoms with Crippen molar-refractivity contribution in [3.05, 3.63) is 61.3 Å². The van der Waals surface area contributed by atoms with Crippen LogP contribution in [0.25, 0.3) is 0 Å². The predicted molar refractivity (Wildman–Crippen MR) is 107 cm³/mol. The molecule has 1 aromatic heterocycles. The van der Waals surface area contributed by atoms with Crippen LogP contribution in [0.3, 0.4) is 0 Å². The van der Waals surface area contributed by atoms with Gasteiger partial charge in [0.15, 0.2) is 0 Å². The van der Waals surface area contributed by atoms with Gasteiger partial charge in [0.25, 0.3) is 11.6 Å². The van der Waals surface area contributed by atoms with Crippen LogP contribution >= 0.6 is 11.3 Å². The van der Waals surface area contributed by atoms with Gasteiger partial charge in [0.05, 0.1) is 11.5 Å². The van der Waals surface area contributed by atoms with E-state index in [1.54, 1.807) is 35.1 Å².